The average Bonchev–Trinajstić information content (AvgIpc) is 2.82. The molecule has 12 heteroatoms. The molecule has 9 nitrogen and oxygen atoms in total. The van der Waals surface area contributed by atoms with Crippen molar-refractivity contribution in [3.63, 3.8) is 0 Å². The van der Waals surface area contributed by atoms with E-state index in [2.05, 4.69) is 47.0 Å². The third-order valence-electron chi connectivity index (χ3n) is 2.45. The quantitative estimate of drug-likeness (QED) is 0.284. The molecule has 0 aromatic carbocycles. The van der Waals surface area contributed by atoms with Crippen LogP contribution in [0.25, 0.3) is 0 Å². The van der Waals surface area contributed by atoms with Gasteiger partial charge in [0, 0.05) is 23.7 Å². The molecule has 0 fully saturated rings. The summed E-state index contributed by atoms with van der Waals surface area (Å²) in [5.74, 6) is -0.176. The van der Waals surface area contributed by atoms with Crippen LogP contribution in [0.2, 0.25) is 0 Å². The van der Waals surface area contributed by atoms with Crippen LogP contribution in [0, 0.1) is 4.91 Å². The largest absolute Gasteiger partial charge is 0.476 e. The molecule has 0 saturated carbocycles. The number of hydrogen-bond acceptors (Lipinski definition) is 4. The van der Waals surface area contributed by atoms with E-state index in [1.54, 1.807) is 7.05 Å². The van der Waals surface area contributed by atoms with Gasteiger partial charge < -0.3 is 5.21 Å². The Kier molecular flexibility index (Phi) is 7.99. The monoisotopic (exact) mass is 448 g/mol. The van der Waals surface area contributed by atoms with E-state index in [0.29, 0.717) is 29.4 Å². The van der Waals surface area contributed by atoms with Gasteiger partial charge in [0.15, 0.2) is 4.92 Å². The lowest BCUT2D eigenvalue weighted by Gasteiger charge is -2.19. The third kappa shape index (κ3) is 5.76. The molecular weight excluding hydrogens is 433 g/mol. The van der Waals surface area contributed by atoms with Gasteiger partial charge in [0.05, 0.1) is 7.05 Å². The Balaban J connectivity index is 2.72. The second kappa shape index (κ2) is 8.96. The van der Waals surface area contributed by atoms with Crippen LogP contribution in [0.4, 0.5) is 5.95 Å². The van der Waals surface area contributed by atoms with E-state index in [1.165, 1.54) is 10.8 Å². The molecule has 1 heterocycles. The molecule has 0 aliphatic carbocycles. The van der Waals surface area contributed by atoms with Crippen LogP contribution >= 0.6 is 39.5 Å². The molecule has 0 atom stereocenters. The molecule has 21 heavy (non-hydrogen) atoms. The second-order valence-corrected chi connectivity index (χ2v) is 7.48. The van der Waals surface area contributed by atoms with Crippen LogP contribution in [0.5, 0.6) is 0 Å². The number of nitrogens with zero attached hydrogens (tertiary/aromatic N) is 3. The zero-order chi connectivity index (χ0) is 15.9. The van der Waals surface area contributed by atoms with Crippen molar-refractivity contribution in [2.45, 2.75) is 6.61 Å². The van der Waals surface area contributed by atoms with Crippen molar-refractivity contribution >= 4 is 45.5 Å². The van der Waals surface area contributed by atoms with Gasteiger partial charge in [-0.2, -0.15) is 0 Å². The van der Waals surface area contributed by atoms with Crippen molar-refractivity contribution in [1.29, 1.82) is 0 Å². The van der Waals surface area contributed by atoms with Crippen LogP contribution < -0.4 is 10.2 Å². The summed E-state index contributed by atoms with van der Waals surface area (Å²) in [6.45, 7) is 0.904. The van der Waals surface area contributed by atoms with E-state index < -0.39 is 7.67 Å². The molecule has 0 amide bonds. The van der Waals surface area contributed by atoms with Crippen LogP contribution in [0.15, 0.2) is 6.20 Å². The minimum absolute atomic E-state index is 0.0286. The highest BCUT2D eigenvalue weighted by atomic mass is 79.9. The van der Waals surface area contributed by atoms with Crippen molar-refractivity contribution in [1.82, 2.24) is 19.7 Å². The summed E-state index contributed by atoms with van der Waals surface area (Å²) in [5, 5.41) is 15.7. The minimum Gasteiger partial charge on any atom is -0.337 e. The molecule has 0 saturated heterocycles. The third-order valence-corrected chi connectivity index (χ3v) is 5.02. The smallest absolute Gasteiger partial charge is 0.337 e. The molecule has 1 aromatic rings. The van der Waals surface area contributed by atoms with Gasteiger partial charge in [-0.25, -0.2) is 14.7 Å². The van der Waals surface area contributed by atoms with Crippen LogP contribution in [0.3, 0.4) is 0 Å². The molecule has 0 spiro atoms. The van der Waals surface area contributed by atoms with Gasteiger partial charge >= 0.3 is 13.6 Å². The predicted molar refractivity (Wildman–Crippen MR) is 84.3 cm³/mol. The Labute approximate surface area is 138 Å². The topological polar surface area (TPSA) is 108 Å². The molecule has 3 N–H and O–H groups in total. The second-order valence-electron chi connectivity index (χ2n) is 3.90. The molecular formula is C9H17Br2N5O4P+. The zero-order valence-electron chi connectivity index (χ0n) is 11.3. The van der Waals surface area contributed by atoms with E-state index in [0.717, 1.165) is 0 Å². The number of imidazole rings is 1. The van der Waals surface area contributed by atoms with Crippen LogP contribution in [-0.2, 0) is 22.7 Å². The van der Waals surface area contributed by atoms with Crippen LogP contribution in [-0.4, -0.2) is 43.4 Å². The Morgan fingerprint density at radius 1 is 1.43 bits per heavy atom. The summed E-state index contributed by atoms with van der Waals surface area (Å²) < 4.78 is 19.3. The molecule has 1 rings (SSSR count). The first kappa shape index (κ1) is 18.7. The molecule has 0 radical (unpaired) electrons. The Hall–Kier alpha value is -0.320. The van der Waals surface area contributed by atoms with Crippen molar-refractivity contribution in [3.05, 3.63) is 16.8 Å². The molecule has 0 bridgehead atoms. The van der Waals surface area contributed by atoms with Gasteiger partial charge in [-0.3, -0.25) is 9.09 Å². The van der Waals surface area contributed by atoms with E-state index in [-0.39, 0.29) is 17.5 Å². The predicted octanol–water partition coefficient (Wildman–Crippen LogP) is 1.81. The normalized spacial score (nSPS) is 11.8. The van der Waals surface area contributed by atoms with E-state index in [1.807, 2.05) is 0 Å². The summed E-state index contributed by atoms with van der Waals surface area (Å²) in [4.78, 5) is 14.2. The summed E-state index contributed by atoms with van der Waals surface area (Å²) in [6.07, 6.45) is 1.37. The fourth-order valence-electron chi connectivity index (χ4n) is 1.43. The summed E-state index contributed by atoms with van der Waals surface area (Å²) in [5.41, 5.74) is 0.501. The first-order chi connectivity index (χ1) is 9.93. The average molecular weight is 450 g/mol. The molecule has 0 aliphatic heterocycles. The lowest BCUT2D eigenvalue weighted by Crippen LogP contribution is -2.27. The highest BCUT2D eigenvalue weighted by molar-refractivity contribution is 9.09. The fraction of sp³-hybridized carbons (Fsp3) is 0.667. The Morgan fingerprint density at radius 3 is 2.43 bits per heavy atom. The van der Waals surface area contributed by atoms with Crippen molar-refractivity contribution < 1.29 is 19.2 Å². The number of alkyl halides is 2. The van der Waals surface area contributed by atoms with Gasteiger partial charge in [-0.1, -0.05) is 41.8 Å². The number of hydrogen-bond donors (Lipinski definition) is 3. The number of aromatic nitrogens is 2. The van der Waals surface area contributed by atoms with E-state index in [4.69, 9.17) is 9.73 Å². The Bertz CT molecular complexity index is 514. The summed E-state index contributed by atoms with van der Waals surface area (Å²) in [6, 6.07) is 0. The fourth-order valence-corrected chi connectivity index (χ4v) is 3.86. The summed E-state index contributed by atoms with van der Waals surface area (Å²) in [7, 11) is -1.66. The van der Waals surface area contributed by atoms with Gasteiger partial charge in [-0.05, 0) is 0 Å². The zero-order valence-corrected chi connectivity index (χ0v) is 15.4. The maximum atomic E-state index is 12.5. The minimum atomic E-state index is -3.21. The highest BCUT2D eigenvalue weighted by Crippen LogP contribution is 2.38. The van der Waals surface area contributed by atoms with E-state index >= 15 is 0 Å². The van der Waals surface area contributed by atoms with Gasteiger partial charge in [0.25, 0.3) is 0 Å². The van der Waals surface area contributed by atoms with Crippen molar-refractivity contribution in [2.24, 2.45) is 7.05 Å². The maximum Gasteiger partial charge on any atom is 0.476 e. The Morgan fingerprint density at radius 2 is 2.00 bits per heavy atom. The molecule has 0 unspecified atom stereocenters. The van der Waals surface area contributed by atoms with Crippen LogP contribution in [0.1, 0.15) is 5.69 Å². The maximum absolute atomic E-state index is 12.5. The highest BCUT2D eigenvalue weighted by Gasteiger charge is 2.26. The lowest BCUT2D eigenvalue weighted by atomic mass is 10.5. The molecule has 120 valence electrons. The molecule has 1 aromatic heterocycles. The van der Waals surface area contributed by atoms with Gasteiger partial charge in [-0.15, -0.1) is 0 Å². The summed E-state index contributed by atoms with van der Waals surface area (Å²) >= 11 is 6.48. The standard InChI is InChI=1S/C9H17Br2N5O4P/c1-15-8(6-12-9(15)16(17)18)7-20-21(19,13-4-2-10)14-5-3-11/h6H,2-5,7H2,1H3,(H,17,18)(H2,13,14,19)/q+1. The van der Waals surface area contributed by atoms with Gasteiger partial charge in [0.2, 0.25) is 0 Å². The van der Waals surface area contributed by atoms with Gasteiger partial charge in [0.1, 0.15) is 18.5 Å². The first-order valence-electron chi connectivity index (χ1n) is 5.97. The van der Waals surface area contributed by atoms with Crippen molar-refractivity contribution in [3.8, 4) is 0 Å². The number of nitrogens with one attached hydrogen (secondary N) is 2. The first-order valence-corrected chi connectivity index (χ1v) is 9.83. The lowest BCUT2D eigenvalue weighted by molar-refractivity contribution is -0.735. The number of rotatable bonds is 10. The molecule has 0 aliphatic rings. The SMILES string of the molecule is Cn1c(COP(=O)(NCCBr)NCCBr)cnc1[N+](=O)O. The van der Waals surface area contributed by atoms with Crippen molar-refractivity contribution in [2.75, 3.05) is 23.7 Å². The number of halogens is 2. The van der Waals surface area contributed by atoms with E-state index in [9.17, 15) is 9.47 Å².